The molecule has 0 saturated carbocycles. The number of thioether (sulfide) groups is 1. The summed E-state index contributed by atoms with van der Waals surface area (Å²) >= 11 is 1.30. The highest BCUT2D eigenvalue weighted by atomic mass is 32.2. The van der Waals surface area contributed by atoms with Crippen LogP contribution in [0.1, 0.15) is 22.6 Å². The van der Waals surface area contributed by atoms with Crippen molar-refractivity contribution in [3.63, 3.8) is 0 Å². The number of amides is 1. The van der Waals surface area contributed by atoms with E-state index in [1.165, 1.54) is 11.8 Å². The molecule has 0 aromatic heterocycles. The van der Waals surface area contributed by atoms with E-state index in [0.29, 0.717) is 16.4 Å². The number of carbonyl (C=O) groups excluding carboxylic acids is 1. The Morgan fingerprint density at radius 2 is 1.67 bits per heavy atom. The maximum atomic E-state index is 12.5. The van der Waals surface area contributed by atoms with E-state index in [1.807, 2.05) is 54.7 Å². The fourth-order valence-corrected chi connectivity index (χ4v) is 4.56. The van der Waals surface area contributed by atoms with E-state index in [9.17, 15) is 14.7 Å². The maximum absolute atomic E-state index is 12.5. The van der Waals surface area contributed by atoms with Crippen molar-refractivity contribution < 1.29 is 19.4 Å². The van der Waals surface area contributed by atoms with Crippen LogP contribution in [0.15, 0.2) is 77.8 Å². The van der Waals surface area contributed by atoms with E-state index in [2.05, 4.69) is 15.6 Å². The van der Waals surface area contributed by atoms with Crippen LogP contribution in [0.25, 0.3) is 11.1 Å². The number of nitriles is 1. The highest BCUT2D eigenvalue weighted by Gasteiger charge is 2.29. The second-order valence-corrected chi connectivity index (χ2v) is 8.88. The number of carboxylic acids is 1. The molecule has 1 amide bonds. The summed E-state index contributed by atoms with van der Waals surface area (Å²) in [5.74, 6) is -1.27. The van der Waals surface area contributed by atoms with Crippen LogP contribution in [0.4, 0.5) is 10.5 Å². The molecule has 0 fully saturated rings. The summed E-state index contributed by atoms with van der Waals surface area (Å²) in [6.07, 6.45) is 2.92. The lowest BCUT2D eigenvalue weighted by atomic mass is 9.98. The molecule has 9 heteroatoms. The second-order valence-electron chi connectivity index (χ2n) is 8.09. The molecule has 36 heavy (non-hydrogen) atoms. The van der Waals surface area contributed by atoms with Crippen LogP contribution in [0.2, 0.25) is 0 Å². The Labute approximate surface area is 213 Å². The normalized spacial score (nSPS) is 13.2. The van der Waals surface area contributed by atoms with Gasteiger partial charge in [0.1, 0.15) is 12.6 Å². The second kappa shape index (κ2) is 11.4. The third-order valence-corrected chi connectivity index (χ3v) is 6.48. The van der Waals surface area contributed by atoms with Crippen molar-refractivity contribution in [2.75, 3.05) is 12.9 Å². The zero-order valence-electron chi connectivity index (χ0n) is 19.5. The first-order valence-corrected chi connectivity index (χ1v) is 12.4. The van der Waals surface area contributed by atoms with Gasteiger partial charge in [0.25, 0.3) is 0 Å². The molecule has 8 nitrogen and oxygen atoms in total. The number of nitrogens with zero attached hydrogens (tertiary/aromatic N) is 2. The molecular weight excluding hydrogens is 476 g/mol. The number of carbonyl (C=O) groups is 2. The quantitative estimate of drug-likeness (QED) is 0.187. The highest BCUT2D eigenvalue weighted by molar-refractivity contribution is 8.13. The van der Waals surface area contributed by atoms with Gasteiger partial charge in [-0.25, -0.2) is 14.6 Å². The predicted molar refractivity (Wildman–Crippen MR) is 139 cm³/mol. The molecule has 0 spiro atoms. The lowest BCUT2D eigenvalue weighted by molar-refractivity contribution is -0.139. The van der Waals surface area contributed by atoms with Crippen LogP contribution in [0.3, 0.4) is 0 Å². The van der Waals surface area contributed by atoms with Gasteiger partial charge in [0, 0.05) is 12.3 Å². The van der Waals surface area contributed by atoms with Gasteiger partial charge in [-0.1, -0.05) is 72.4 Å². The molecule has 1 atom stereocenters. The first kappa shape index (κ1) is 24.8. The number of hydrogen-bond donors (Lipinski definition) is 3. The molecule has 0 radical (unpaired) electrons. The summed E-state index contributed by atoms with van der Waals surface area (Å²) in [6.45, 7) is 0.105. The molecule has 1 unspecified atom stereocenters. The summed E-state index contributed by atoms with van der Waals surface area (Å²) in [7, 11) is 0. The zero-order chi connectivity index (χ0) is 25.5. The van der Waals surface area contributed by atoms with Crippen molar-refractivity contribution in [1.29, 1.82) is 5.26 Å². The van der Waals surface area contributed by atoms with E-state index >= 15 is 0 Å². The fraction of sp³-hybridized carbons (Fsp3) is 0.185. The van der Waals surface area contributed by atoms with Gasteiger partial charge >= 0.3 is 12.1 Å². The van der Waals surface area contributed by atoms with Crippen molar-refractivity contribution in [2.45, 2.75) is 18.4 Å². The minimum atomic E-state index is -1.16. The molecule has 3 N–H and O–H groups in total. The van der Waals surface area contributed by atoms with Gasteiger partial charge in [-0.2, -0.15) is 5.26 Å². The summed E-state index contributed by atoms with van der Waals surface area (Å²) < 4.78 is 5.49. The minimum absolute atomic E-state index is 0.0787. The first-order chi connectivity index (χ1) is 17.5. The number of fused-ring (bicyclic) bond motifs is 3. The molecule has 182 valence electrons. The molecule has 3 aromatic carbocycles. The summed E-state index contributed by atoms with van der Waals surface area (Å²) in [4.78, 5) is 28.7. The van der Waals surface area contributed by atoms with E-state index in [1.54, 1.807) is 30.5 Å². The van der Waals surface area contributed by atoms with E-state index in [0.717, 1.165) is 22.3 Å². The average Bonchev–Trinajstić information content (AvgIpc) is 3.21. The molecule has 4 rings (SSSR count). The summed E-state index contributed by atoms with van der Waals surface area (Å²) in [5, 5.41) is 23.8. The maximum Gasteiger partial charge on any atom is 0.407 e. The molecule has 0 aliphatic heterocycles. The monoisotopic (exact) mass is 500 g/mol. The lowest BCUT2D eigenvalue weighted by Crippen LogP contribution is -2.42. The largest absolute Gasteiger partial charge is 0.480 e. The Kier molecular flexibility index (Phi) is 7.88. The van der Waals surface area contributed by atoms with Crippen LogP contribution < -0.4 is 10.6 Å². The van der Waals surface area contributed by atoms with Gasteiger partial charge in [-0.15, -0.1) is 0 Å². The third-order valence-electron chi connectivity index (χ3n) is 5.90. The van der Waals surface area contributed by atoms with Crippen molar-refractivity contribution in [1.82, 2.24) is 10.6 Å². The predicted octanol–water partition coefficient (Wildman–Crippen LogP) is 4.64. The minimum Gasteiger partial charge on any atom is -0.480 e. The molecular formula is C27H24N4O4S. The van der Waals surface area contributed by atoms with Crippen LogP contribution in [-0.2, 0) is 16.0 Å². The zero-order valence-corrected chi connectivity index (χ0v) is 20.3. The van der Waals surface area contributed by atoms with Gasteiger partial charge in [0.05, 0.1) is 5.69 Å². The molecule has 1 aliphatic carbocycles. The van der Waals surface area contributed by atoms with Crippen molar-refractivity contribution in [3.05, 3.63) is 89.5 Å². The number of amidine groups is 1. The van der Waals surface area contributed by atoms with Gasteiger partial charge in [-0.3, -0.25) is 5.32 Å². The number of nitrogens with one attached hydrogen (secondary N) is 2. The van der Waals surface area contributed by atoms with Crippen LogP contribution in [0, 0.1) is 11.5 Å². The Morgan fingerprint density at radius 3 is 2.22 bits per heavy atom. The highest BCUT2D eigenvalue weighted by Crippen LogP contribution is 2.44. The standard InChI is InChI=1S/C27H24N4O4S/c1-36-26(29-16-28)30-18-12-10-17(11-13-18)14-24(25(32)33)31-27(34)35-15-23-21-8-4-2-6-19(21)20-7-3-5-9-22(20)23/h2-13,23-24H,14-15H2,1H3,(H,29,30)(H,31,34)(H,32,33). The molecule has 0 heterocycles. The molecule has 0 bridgehead atoms. The first-order valence-electron chi connectivity index (χ1n) is 11.2. The van der Waals surface area contributed by atoms with E-state index < -0.39 is 18.1 Å². The Bertz CT molecular complexity index is 1290. The average molecular weight is 501 g/mol. The van der Waals surface area contributed by atoms with Crippen LogP contribution >= 0.6 is 11.8 Å². The van der Waals surface area contributed by atoms with E-state index in [-0.39, 0.29) is 18.9 Å². The number of ether oxygens (including phenoxy) is 1. The molecule has 3 aromatic rings. The van der Waals surface area contributed by atoms with Gasteiger partial charge < -0.3 is 15.2 Å². The SMILES string of the molecule is CSC(=Nc1ccc(CC(NC(=O)OCC2c3ccccc3-c3ccccc32)C(=O)O)cc1)NC#N. The Morgan fingerprint density at radius 1 is 1.06 bits per heavy atom. The lowest BCUT2D eigenvalue weighted by Gasteiger charge is -2.17. The third kappa shape index (κ3) is 5.67. The van der Waals surface area contributed by atoms with Crippen molar-refractivity contribution in [2.24, 2.45) is 4.99 Å². The van der Waals surface area contributed by atoms with Crippen molar-refractivity contribution in [3.8, 4) is 17.3 Å². The number of hydrogen-bond acceptors (Lipinski definition) is 6. The smallest absolute Gasteiger partial charge is 0.407 e. The number of aliphatic carboxylic acids is 1. The van der Waals surface area contributed by atoms with Gasteiger partial charge in [0.15, 0.2) is 11.4 Å². The number of aliphatic imine (C=N–C) groups is 1. The number of carboxylic acid groups (broad SMARTS) is 1. The molecule has 1 aliphatic rings. The summed E-state index contributed by atoms with van der Waals surface area (Å²) in [6, 6.07) is 21.8. The summed E-state index contributed by atoms with van der Waals surface area (Å²) in [5.41, 5.74) is 5.72. The fourth-order valence-electron chi connectivity index (χ4n) is 4.21. The Hall–Kier alpha value is -4.29. The number of benzene rings is 3. The van der Waals surface area contributed by atoms with Crippen LogP contribution in [-0.4, -0.2) is 41.2 Å². The van der Waals surface area contributed by atoms with Gasteiger partial charge in [0.2, 0.25) is 0 Å². The van der Waals surface area contributed by atoms with Crippen molar-refractivity contribution >= 4 is 34.7 Å². The Balaban J connectivity index is 1.38. The van der Waals surface area contributed by atoms with E-state index in [4.69, 9.17) is 10.00 Å². The molecule has 0 saturated heterocycles. The number of alkyl carbamates (subject to hydrolysis) is 1. The van der Waals surface area contributed by atoms with Crippen LogP contribution in [0.5, 0.6) is 0 Å². The number of rotatable bonds is 7. The topological polar surface area (TPSA) is 124 Å². The van der Waals surface area contributed by atoms with Gasteiger partial charge in [-0.05, 0) is 46.2 Å².